The Labute approximate surface area is 661 Å². The second kappa shape index (κ2) is 57.7. The van der Waals surface area contributed by atoms with E-state index in [1.54, 1.807) is 0 Å². The summed E-state index contributed by atoms with van der Waals surface area (Å²) in [6.07, 6.45) is 42.3. The summed E-state index contributed by atoms with van der Waals surface area (Å²) in [5.41, 5.74) is 7.27. The number of rotatable bonds is 64. The van der Waals surface area contributed by atoms with E-state index >= 15 is 4.79 Å². The van der Waals surface area contributed by atoms with Crippen molar-refractivity contribution in [2.45, 2.75) is 352 Å². The van der Waals surface area contributed by atoms with E-state index in [1.165, 1.54) is 193 Å². The monoisotopic (exact) mass is 1490 g/mol. The van der Waals surface area contributed by atoms with Crippen molar-refractivity contribution in [3.05, 3.63) is 251 Å². The standard InChI is InChI=1S/C99H142N2O8/c1-3-5-7-9-11-13-15-17-18-19-20-21-22-23-24-25-26-27-29-31-33-35-58-74-92(102)101-90(94(104-77-84-61-45-37-46-62-84)91(103-76-83-59-43-36-44-60-83)73-57-34-32-30-28-16-14-12-10-8-6-4-2)75-100-93-95(105-78-85-63-47-38-48-64-85)97(107-80-87-67-51-40-52-68-87)99(109-82-89-71-55-42-56-72-89)98(108-81-88-69-53-41-54-70-88)96(93)106-79-86-65-49-39-50-66-86/h36-56,59-72,90-91,93-100H,3-35,57-58,73-82H2,1-2H3,(H,101,102)/t90-,91+,93?,94-,95?,96?,97?,98?,99?/m0/s1. The zero-order chi connectivity index (χ0) is 75.7. The summed E-state index contributed by atoms with van der Waals surface area (Å²) in [6, 6.07) is 71.6. The zero-order valence-corrected chi connectivity index (χ0v) is 67.5. The normalized spacial score (nSPS) is 17.3. The molecule has 2 N–H and O–H groups in total. The molecular formula is C99H142N2O8. The highest BCUT2D eigenvalue weighted by Crippen LogP contribution is 2.36. The summed E-state index contributed by atoms with van der Waals surface area (Å²) in [6.45, 7) is 7.08. The van der Waals surface area contributed by atoms with Gasteiger partial charge in [-0.3, -0.25) is 4.79 Å². The molecule has 1 fully saturated rings. The molecule has 0 radical (unpaired) electrons. The number of carbonyl (C=O) groups is 1. The van der Waals surface area contributed by atoms with Gasteiger partial charge in [0.2, 0.25) is 5.91 Å². The average Bonchev–Trinajstić information content (AvgIpc) is 0.762. The van der Waals surface area contributed by atoms with Gasteiger partial charge in [0.15, 0.2) is 0 Å². The lowest BCUT2D eigenvalue weighted by molar-refractivity contribution is -0.260. The van der Waals surface area contributed by atoms with Crippen LogP contribution in [0, 0.1) is 0 Å². The molecule has 8 rings (SSSR count). The molecule has 10 heteroatoms. The Bertz CT molecular complexity index is 3140. The first-order valence-electron chi connectivity index (χ1n) is 43.7. The Hall–Kier alpha value is -6.31. The van der Waals surface area contributed by atoms with Gasteiger partial charge in [0, 0.05) is 13.0 Å². The Morgan fingerprint density at radius 1 is 0.284 bits per heavy atom. The van der Waals surface area contributed by atoms with Crippen molar-refractivity contribution in [3.8, 4) is 0 Å². The van der Waals surface area contributed by atoms with Crippen LogP contribution < -0.4 is 10.6 Å². The second-order valence-corrected chi connectivity index (χ2v) is 31.2. The first kappa shape index (κ1) is 88.3. The van der Waals surface area contributed by atoms with E-state index in [-0.39, 0.29) is 31.8 Å². The maximum Gasteiger partial charge on any atom is 0.220 e. The fraction of sp³-hybridized carbons (Fsp3) is 0.566. The number of unbranched alkanes of at least 4 members (excludes halogenated alkanes) is 33. The molecule has 109 heavy (non-hydrogen) atoms. The van der Waals surface area contributed by atoms with Crippen molar-refractivity contribution in [2.75, 3.05) is 6.54 Å². The largest absolute Gasteiger partial charge is 0.371 e. The molecule has 4 unspecified atom stereocenters. The van der Waals surface area contributed by atoms with Gasteiger partial charge in [-0.1, -0.05) is 444 Å². The average molecular weight is 1490 g/mol. The van der Waals surface area contributed by atoms with Gasteiger partial charge in [0.1, 0.15) is 36.6 Å². The molecule has 0 heterocycles. The molecule has 7 atom stereocenters. The van der Waals surface area contributed by atoms with E-state index in [2.05, 4.69) is 206 Å². The number of amides is 1. The van der Waals surface area contributed by atoms with Crippen LogP contribution in [0.4, 0.5) is 0 Å². The van der Waals surface area contributed by atoms with E-state index in [0.29, 0.717) is 39.5 Å². The van der Waals surface area contributed by atoms with Crippen molar-refractivity contribution < 1.29 is 38.0 Å². The van der Waals surface area contributed by atoms with Crippen LogP contribution in [0.1, 0.15) is 290 Å². The Morgan fingerprint density at radius 2 is 0.523 bits per heavy atom. The predicted molar refractivity (Wildman–Crippen MR) is 451 cm³/mol. The quantitative estimate of drug-likeness (QED) is 0.0361. The first-order valence-corrected chi connectivity index (χ1v) is 43.7. The second-order valence-electron chi connectivity index (χ2n) is 31.2. The highest BCUT2D eigenvalue weighted by Gasteiger charge is 2.55. The van der Waals surface area contributed by atoms with Crippen molar-refractivity contribution in [1.82, 2.24) is 10.6 Å². The summed E-state index contributed by atoms with van der Waals surface area (Å²) < 4.78 is 52.0. The maximum atomic E-state index is 15.3. The van der Waals surface area contributed by atoms with Crippen molar-refractivity contribution in [2.24, 2.45) is 0 Å². The molecule has 1 aliphatic carbocycles. The van der Waals surface area contributed by atoms with E-state index in [4.69, 9.17) is 33.2 Å². The third kappa shape index (κ3) is 37.3. The third-order valence-electron chi connectivity index (χ3n) is 22.1. The molecule has 1 amide bonds. The number of ether oxygens (including phenoxy) is 7. The van der Waals surface area contributed by atoms with Crippen molar-refractivity contribution in [3.63, 3.8) is 0 Å². The number of benzene rings is 7. The summed E-state index contributed by atoms with van der Waals surface area (Å²) in [4.78, 5) is 15.3. The molecule has 1 aliphatic rings. The molecule has 7 aromatic carbocycles. The lowest BCUT2D eigenvalue weighted by atomic mass is 9.81. The maximum absolute atomic E-state index is 15.3. The Balaban J connectivity index is 1.06. The minimum atomic E-state index is -0.702. The highest BCUT2D eigenvalue weighted by molar-refractivity contribution is 5.76. The van der Waals surface area contributed by atoms with E-state index in [0.717, 1.165) is 77.5 Å². The van der Waals surface area contributed by atoms with E-state index in [9.17, 15) is 0 Å². The van der Waals surface area contributed by atoms with E-state index in [1.807, 2.05) is 30.3 Å². The first-order chi connectivity index (χ1) is 54.0. The van der Waals surface area contributed by atoms with Gasteiger partial charge in [-0.25, -0.2) is 0 Å². The lowest BCUT2D eigenvalue weighted by Crippen LogP contribution is -2.71. The zero-order valence-electron chi connectivity index (χ0n) is 67.5. The molecule has 1 saturated carbocycles. The molecule has 10 nitrogen and oxygen atoms in total. The smallest absolute Gasteiger partial charge is 0.220 e. The molecule has 596 valence electrons. The molecule has 0 aliphatic heterocycles. The van der Waals surface area contributed by atoms with Gasteiger partial charge in [0.05, 0.1) is 64.4 Å². The predicted octanol–water partition coefficient (Wildman–Crippen LogP) is 25.0. The Morgan fingerprint density at radius 3 is 0.817 bits per heavy atom. The lowest BCUT2D eigenvalue weighted by Gasteiger charge is -2.50. The minimum absolute atomic E-state index is 0.00991. The van der Waals surface area contributed by atoms with Crippen LogP contribution >= 0.6 is 0 Å². The fourth-order valence-electron chi connectivity index (χ4n) is 15.6. The Kier molecular flexibility index (Phi) is 46.7. The van der Waals surface area contributed by atoms with Crippen LogP contribution in [0.2, 0.25) is 0 Å². The number of carbonyl (C=O) groups excluding carboxylic acids is 1. The number of hydrogen-bond acceptors (Lipinski definition) is 9. The number of nitrogens with one attached hydrogen (secondary N) is 2. The van der Waals surface area contributed by atoms with E-state index < -0.39 is 48.7 Å². The molecule has 0 spiro atoms. The molecule has 0 aromatic heterocycles. The minimum Gasteiger partial charge on any atom is -0.371 e. The molecule has 0 bridgehead atoms. The van der Waals surface area contributed by atoms with Gasteiger partial charge in [0.25, 0.3) is 0 Å². The third-order valence-corrected chi connectivity index (χ3v) is 22.1. The molecule has 7 aromatic rings. The van der Waals surface area contributed by atoms with Crippen LogP contribution in [0.25, 0.3) is 0 Å². The van der Waals surface area contributed by atoms with Gasteiger partial charge in [-0.05, 0) is 51.8 Å². The topological polar surface area (TPSA) is 106 Å². The molecule has 0 saturated heterocycles. The van der Waals surface area contributed by atoms with Crippen molar-refractivity contribution in [1.29, 1.82) is 0 Å². The van der Waals surface area contributed by atoms with Crippen LogP contribution in [-0.2, 0) is 84.2 Å². The van der Waals surface area contributed by atoms with Gasteiger partial charge in [-0.2, -0.15) is 0 Å². The number of hydrogen-bond donors (Lipinski definition) is 2. The van der Waals surface area contributed by atoms with Gasteiger partial charge in [-0.15, -0.1) is 0 Å². The van der Waals surface area contributed by atoms with Crippen molar-refractivity contribution >= 4 is 5.91 Å². The molecular weight excluding hydrogens is 1350 g/mol. The SMILES string of the molecule is CCCCCCCCCCCCCCCCCCCCCCCCCC(=O)N[C@@H](CNC1C(OCc2ccccc2)C(OCc2ccccc2)C(OCc2ccccc2)C(OCc2ccccc2)C1OCc1ccccc1)[C@H](OCc1ccccc1)[C@@H](CCCCCCCCCCCCCC)OCc1ccccc1. The summed E-state index contributed by atoms with van der Waals surface area (Å²) in [5.74, 6) is 0.00991. The fourth-order valence-corrected chi connectivity index (χ4v) is 15.6. The summed E-state index contributed by atoms with van der Waals surface area (Å²) >= 11 is 0. The van der Waals surface area contributed by atoms with Gasteiger partial charge < -0.3 is 43.8 Å². The van der Waals surface area contributed by atoms with Crippen LogP contribution in [0.3, 0.4) is 0 Å². The summed E-state index contributed by atoms with van der Waals surface area (Å²) in [5, 5.41) is 7.91. The summed E-state index contributed by atoms with van der Waals surface area (Å²) in [7, 11) is 0. The van der Waals surface area contributed by atoms with Gasteiger partial charge >= 0.3 is 0 Å². The van der Waals surface area contributed by atoms with Crippen LogP contribution in [0.15, 0.2) is 212 Å². The van der Waals surface area contributed by atoms with Crippen LogP contribution in [-0.4, -0.2) is 67.3 Å². The highest BCUT2D eigenvalue weighted by atomic mass is 16.6. The van der Waals surface area contributed by atoms with Crippen LogP contribution in [0.5, 0.6) is 0 Å².